The summed E-state index contributed by atoms with van der Waals surface area (Å²) in [6.45, 7) is 1.06. The van der Waals surface area contributed by atoms with Gasteiger partial charge in [0.25, 0.3) is 0 Å². The molecule has 1 amide bonds. The second-order valence-corrected chi connectivity index (χ2v) is 6.15. The van der Waals surface area contributed by atoms with Crippen molar-refractivity contribution >= 4 is 11.6 Å². The molecule has 0 atom stereocenters. The third-order valence-electron chi connectivity index (χ3n) is 3.83. The van der Waals surface area contributed by atoms with Crippen LogP contribution >= 0.6 is 0 Å². The number of carbonyl (C=O) groups is 1. The van der Waals surface area contributed by atoms with Crippen LogP contribution in [0.4, 0.5) is 5.69 Å². The highest BCUT2D eigenvalue weighted by Gasteiger charge is 2.08. The number of hydrogen-bond donors (Lipinski definition) is 1. The van der Waals surface area contributed by atoms with Gasteiger partial charge in [-0.15, -0.1) is 0 Å². The number of para-hydroxylation sites is 1. The molecule has 0 aliphatic carbocycles. The lowest BCUT2D eigenvalue weighted by atomic mass is 10.2. The minimum atomic E-state index is -0.0415. The van der Waals surface area contributed by atoms with Crippen molar-refractivity contribution in [2.75, 3.05) is 18.9 Å². The van der Waals surface area contributed by atoms with Crippen LogP contribution in [0.5, 0.6) is 11.5 Å². The molecule has 132 valence electrons. The van der Waals surface area contributed by atoms with E-state index < -0.39 is 0 Å². The number of ether oxygens (including phenoxy) is 1. The van der Waals surface area contributed by atoms with Crippen LogP contribution in [-0.4, -0.2) is 24.4 Å². The number of hydrogen-bond acceptors (Lipinski definition) is 3. The molecule has 0 spiro atoms. The van der Waals surface area contributed by atoms with Crippen molar-refractivity contribution < 1.29 is 9.53 Å². The van der Waals surface area contributed by atoms with Gasteiger partial charge in [0.1, 0.15) is 11.5 Å². The molecule has 0 aliphatic heterocycles. The maximum Gasteiger partial charge on any atom is 0.238 e. The molecule has 26 heavy (non-hydrogen) atoms. The van der Waals surface area contributed by atoms with Crippen LogP contribution in [0.3, 0.4) is 0 Å². The molecular weight excluding hydrogens is 324 g/mol. The van der Waals surface area contributed by atoms with Crippen LogP contribution < -0.4 is 10.1 Å². The highest BCUT2D eigenvalue weighted by atomic mass is 16.5. The summed E-state index contributed by atoms with van der Waals surface area (Å²) >= 11 is 0. The summed E-state index contributed by atoms with van der Waals surface area (Å²) in [5.74, 6) is 1.47. The van der Waals surface area contributed by atoms with Crippen LogP contribution in [0.2, 0.25) is 0 Å². The zero-order chi connectivity index (χ0) is 18.2. The first kappa shape index (κ1) is 17.7. The lowest BCUT2D eigenvalue weighted by Crippen LogP contribution is -2.29. The number of nitrogens with one attached hydrogen (secondary N) is 1. The van der Waals surface area contributed by atoms with Crippen molar-refractivity contribution in [3.8, 4) is 11.5 Å². The number of likely N-dealkylation sites (N-methyl/N-ethyl adjacent to an activating group) is 1. The highest BCUT2D eigenvalue weighted by molar-refractivity contribution is 5.92. The van der Waals surface area contributed by atoms with Gasteiger partial charge in [0.15, 0.2) is 0 Å². The van der Waals surface area contributed by atoms with Crippen LogP contribution in [0.25, 0.3) is 0 Å². The second kappa shape index (κ2) is 8.83. The predicted octanol–water partition coefficient (Wildman–Crippen LogP) is 4.55. The van der Waals surface area contributed by atoms with E-state index in [0.717, 1.165) is 23.7 Å². The molecule has 0 saturated heterocycles. The van der Waals surface area contributed by atoms with E-state index in [1.807, 2.05) is 84.7 Å². The first-order chi connectivity index (χ1) is 12.7. The summed E-state index contributed by atoms with van der Waals surface area (Å²) in [5, 5.41) is 2.91. The zero-order valence-electron chi connectivity index (χ0n) is 14.8. The molecule has 3 aromatic rings. The lowest BCUT2D eigenvalue weighted by Gasteiger charge is -2.16. The standard InChI is InChI=1S/C22H22N2O2/c1-24(16-18-8-4-2-5-9-18)17-22(25)23-19-12-14-21(15-13-19)26-20-10-6-3-7-11-20/h2-15H,16-17H2,1H3,(H,23,25). The summed E-state index contributed by atoms with van der Waals surface area (Å²) in [5.41, 5.74) is 1.94. The van der Waals surface area contributed by atoms with Crippen molar-refractivity contribution in [2.45, 2.75) is 6.54 Å². The fourth-order valence-corrected chi connectivity index (χ4v) is 2.63. The van der Waals surface area contributed by atoms with Gasteiger partial charge in [0.2, 0.25) is 5.91 Å². The summed E-state index contributed by atoms with van der Waals surface area (Å²) in [6.07, 6.45) is 0. The second-order valence-electron chi connectivity index (χ2n) is 6.15. The fourth-order valence-electron chi connectivity index (χ4n) is 2.63. The quantitative estimate of drug-likeness (QED) is 0.682. The molecule has 4 nitrogen and oxygen atoms in total. The molecule has 3 aromatic carbocycles. The van der Waals surface area contributed by atoms with E-state index in [1.54, 1.807) is 0 Å². The van der Waals surface area contributed by atoms with Gasteiger partial charge in [-0.3, -0.25) is 9.69 Å². The van der Waals surface area contributed by atoms with E-state index in [1.165, 1.54) is 5.56 Å². The molecule has 0 saturated carbocycles. The molecule has 0 aliphatic rings. The molecule has 0 aromatic heterocycles. The molecule has 1 N–H and O–H groups in total. The Hall–Kier alpha value is -3.11. The molecule has 0 radical (unpaired) electrons. The Balaban J connectivity index is 1.49. The zero-order valence-corrected chi connectivity index (χ0v) is 14.8. The number of anilines is 1. The first-order valence-corrected chi connectivity index (χ1v) is 8.54. The molecular formula is C22H22N2O2. The van der Waals surface area contributed by atoms with E-state index >= 15 is 0 Å². The largest absolute Gasteiger partial charge is 0.457 e. The monoisotopic (exact) mass is 346 g/mol. The van der Waals surface area contributed by atoms with Crippen molar-refractivity contribution in [2.24, 2.45) is 0 Å². The molecule has 4 heteroatoms. The van der Waals surface area contributed by atoms with E-state index in [4.69, 9.17) is 4.74 Å². The van der Waals surface area contributed by atoms with Crippen molar-refractivity contribution in [1.29, 1.82) is 0 Å². The van der Waals surface area contributed by atoms with Crippen LogP contribution in [-0.2, 0) is 11.3 Å². The Labute approximate surface area is 154 Å². The van der Waals surface area contributed by atoms with E-state index in [-0.39, 0.29) is 5.91 Å². The number of amides is 1. The maximum atomic E-state index is 12.2. The van der Waals surface area contributed by atoms with E-state index in [9.17, 15) is 4.79 Å². The Kier molecular flexibility index (Phi) is 6.01. The average Bonchev–Trinajstić information content (AvgIpc) is 2.65. The number of carbonyl (C=O) groups excluding carboxylic acids is 1. The van der Waals surface area contributed by atoms with E-state index in [0.29, 0.717) is 6.54 Å². The third kappa shape index (κ3) is 5.46. The van der Waals surface area contributed by atoms with Gasteiger partial charge in [-0.1, -0.05) is 48.5 Å². The van der Waals surface area contributed by atoms with Crippen LogP contribution in [0.1, 0.15) is 5.56 Å². The summed E-state index contributed by atoms with van der Waals surface area (Å²) in [7, 11) is 1.93. The van der Waals surface area contributed by atoms with Gasteiger partial charge >= 0.3 is 0 Å². The van der Waals surface area contributed by atoms with E-state index in [2.05, 4.69) is 17.4 Å². The average molecular weight is 346 g/mol. The summed E-state index contributed by atoms with van der Waals surface area (Å²) in [6, 6.07) is 27.1. The Morgan fingerprint density at radius 2 is 1.42 bits per heavy atom. The van der Waals surface area contributed by atoms with Gasteiger partial charge in [-0.2, -0.15) is 0 Å². The van der Waals surface area contributed by atoms with Gasteiger partial charge in [0.05, 0.1) is 6.54 Å². The number of rotatable bonds is 7. The molecule has 0 bridgehead atoms. The van der Waals surface area contributed by atoms with Crippen molar-refractivity contribution in [3.63, 3.8) is 0 Å². The normalized spacial score (nSPS) is 10.5. The smallest absolute Gasteiger partial charge is 0.238 e. The van der Waals surface area contributed by atoms with Gasteiger partial charge in [-0.25, -0.2) is 0 Å². The number of benzene rings is 3. The van der Waals surface area contributed by atoms with Gasteiger partial charge in [0, 0.05) is 12.2 Å². The lowest BCUT2D eigenvalue weighted by molar-refractivity contribution is -0.117. The van der Waals surface area contributed by atoms with Crippen LogP contribution in [0.15, 0.2) is 84.9 Å². The maximum absolute atomic E-state index is 12.2. The summed E-state index contributed by atoms with van der Waals surface area (Å²) < 4.78 is 5.75. The minimum Gasteiger partial charge on any atom is -0.457 e. The summed E-state index contributed by atoms with van der Waals surface area (Å²) in [4.78, 5) is 14.2. The highest BCUT2D eigenvalue weighted by Crippen LogP contribution is 2.22. The van der Waals surface area contributed by atoms with Gasteiger partial charge in [-0.05, 0) is 49.0 Å². The molecule has 0 unspecified atom stereocenters. The SMILES string of the molecule is CN(CC(=O)Nc1ccc(Oc2ccccc2)cc1)Cc1ccccc1. The molecule has 0 fully saturated rings. The number of nitrogens with zero attached hydrogens (tertiary/aromatic N) is 1. The van der Waals surface area contributed by atoms with Gasteiger partial charge < -0.3 is 10.1 Å². The van der Waals surface area contributed by atoms with Crippen molar-refractivity contribution in [3.05, 3.63) is 90.5 Å². The predicted molar refractivity (Wildman–Crippen MR) is 104 cm³/mol. The Morgan fingerprint density at radius 3 is 2.08 bits per heavy atom. The molecule has 3 rings (SSSR count). The fraction of sp³-hybridized carbons (Fsp3) is 0.136. The molecule has 0 heterocycles. The third-order valence-corrected chi connectivity index (χ3v) is 3.83. The topological polar surface area (TPSA) is 41.6 Å². The Bertz CT molecular complexity index is 818. The minimum absolute atomic E-state index is 0.0415. The Morgan fingerprint density at radius 1 is 0.846 bits per heavy atom. The first-order valence-electron chi connectivity index (χ1n) is 8.54. The van der Waals surface area contributed by atoms with Crippen LogP contribution in [0, 0.1) is 0 Å². The van der Waals surface area contributed by atoms with Crippen molar-refractivity contribution in [1.82, 2.24) is 4.90 Å².